The molecule has 0 bridgehead atoms. The summed E-state index contributed by atoms with van der Waals surface area (Å²) in [5, 5.41) is 2.70. The molecule has 1 amide bonds. The predicted octanol–water partition coefficient (Wildman–Crippen LogP) is 4.41. The average molecular weight is 307 g/mol. The van der Waals surface area contributed by atoms with Crippen molar-refractivity contribution >= 4 is 17.4 Å². The second-order valence-corrected chi connectivity index (χ2v) is 5.35. The van der Waals surface area contributed by atoms with Crippen molar-refractivity contribution < 1.29 is 9.59 Å². The summed E-state index contributed by atoms with van der Waals surface area (Å²) in [7, 11) is 0. The molecule has 0 heterocycles. The zero-order chi connectivity index (χ0) is 16.5. The van der Waals surface area contributed by atoms with Gasteiger partial charge in [-0.2, -0.15) is 0 Å². The first kappa shape index (κ1) is 16.7. The summed E-state index contributed by atoms with van der Waals surface area (Å²) in [5.41, 5.74) is 2.53. The van der Waals surface area contributed by atoms with Gasteiger partial charge < -0.3 is 5.32 Å². The number of unbranched alkanes of at least 4 members (excludes halogenated alkanes) is 1. The summed E-state index contributed by atoms with van der Waals surface area (Å²) in [6, 6.07) is 16.7. The van der Waals surface area contributed by atoms with Crippen molar-refractivity contribution in [1.82, 2.24) is 0 Å². The van der Waals surface area contributed by atoms with E-state index in [1.807, 2.05) is 42.5 Å². The molecule has 2 aromatic rings. The molecule has 0 aromatic heterocycles. The minimum atomic E-state index is -0.316. The zero-order valence-corrected chi connectivity index (χ0v) is 13.3. The SMILES string of the molecule is CCCCc1ccc(C(=O)/C=C/C(=O)Nc2ccccc2)cc1. The van der Waals surface area contributed by atoms with Gasteiger partial charge in [0.1, 0.15) is 0 Å². The number of carbonyl (C=O) groups excluding carboxylic acids is 2. The molecule has 0 saturated carbocycles. The first-order valence-electron chi connectivity index (χ1n) is 7.86. The van der Waals surface area contributed by atoms with Crippen molar-refractivity contribution in [3.05, 3.63) is 77.9 Å². The maximum Gasteiger partial charge on any atom is 0.248 e. The highest BCUT2D eigenvalue weighted by Crippen LogP contribution is 2.09. The first-order valence-corrected chi connectivity index (χ1v) is 7.86. The second-order valence-electron chi connectivity index (χ2n) is 5.35. The van der Waals surface area contributed by atoms with Crippen LogP contribution in [0.5, 0.6) is 0 Å². The largest absolute Gasteiger partial charge is 0.323 e. The number of anilines is 1. The second kappa shape index (κ2) is 8.69. The van der Waals surface area contributed by atoms with Crippen LogP contribution in [0.3, 0.4) is 0 Å². The van der Waals surface area contributed by atoms with Gasteiger partial charge in [0.05, 0.1) is 0 Å². The lowest BCUT2D eigenvalue weighted by Crippen LogP contribution is -2.08. The molecule has 0 aliphatic rings. The van der Waals surface area contributed by atoms with Gasteiger partial charge in [-0.3, -0.25) is 9.59 Å². The minimum Gasteiger partial charge on any atom is -0.323 e. The molecule has 118 valence electrons. The van der Waals surface area contributed by atoms with Crippen LogP contribution in [0.2, 0.25) is 0 Å². The number of rotatable bonds is 7. The molecule has 0 atom stereocenters. The van der Waals surface area contributed by atoms with Crippen LogP contribution in [0.15, 0.2) is 66.7 Å². The van der Waals surface area contributed by atoms with E-state index < -0.39 is 0 Å². The number of para-hydroxylation sites is 1. The van der Waals surface area contributed by atoms with E-state index in [2.05, 4.69) is 12.2 Å². The summed E-state index contributed by atoms with van der Waals surface area (Å²) in [6.45, 7) is 2.16. The zero-order valence-electron chi connectivity index (χ0n) is 13.3. The molecule has 0 aliphatic carbocycles. The monoisotopic (exact) mass is 307 g/mol. The van der Waals surface area contributed by atoms with Gasteiger partial charge in [-0.1, -0.05) is 55.8 Å². The van der Waals surface area contributed by atoms with Gasteiger partial charge in [0, 0.05) is 17.3 Å². The van der Waals surface area contributed by atoms with Crippen LogP contribution < -0.4 is 5.32 Å². The van der Waals surface area contributed by atoms with Crippen molar-refractivity contribution in [1.29, 1.82) is 0 Å². The Morgan fingerprint density at radius 1 is 0.957 bits per heavy atom. The molecular weight excluding hydrogens is 286 g/mol. The predicted molar refractivity (Wildman–Crippen MR) is 93.6 cm³/mol. The maximum atomic E-state index is 12.1. The van der Waals surface area contributed by atoms with E-state index in [4.69, 9.17) is 0 Å². The number of hydrogen-bond acceptors (Lipinski definition) is 2. The molecule has 0 spiro atoms. The van der Waals surface area contributed by atoms with Crippen LogP contribution >= 0.6 is 0 Å². The van der Waals surface area contributed by atoms with Crippen molar-refractivity contribution in [2.45, 2.75) is 26.2 Å². The van der Waals surface area contributed by atoms with Gasteiger partial charge in [0.2, 0.25) is 5.91 Å². The van der Waals surface area contributed by atoms with Gasteiger partial charge in [-0.15, -0.1) is 0 Å². The third kappa shape index (κ3) is 5.55. The third-order valence-electron chi connectivity index (χ3n) is 3.48. The number of benzene rings is 2. The highest BCUT2D eigenvalue weighted by Gasteiger charge is 2.03. The highest BCUT2D eigenvalue weighted by atomic mass is 16.1. The van der Waals surface area contributed by atoms with Gasteiger partial charge >= 0.3 is 0 Å². The Balaban J connectivity index is 1.91. The lowest BCUT2D eigenvalue weighted by molar-refractivity contribution is -0.111. The van der Waals surface area contributed by atoms with Crippen LogP contribution in [0, 0.1) is 0 Å². The molecule has 3 heteroatoms. The lowest BCUT2D eigenvalue weighted by atomic mass is 10.0. The summed E-state index contributed by atoms with van der Waals surface area (Å²) in [4.78, 5) is 23.8. The quantitative estimate of drug-likeness (QED) is 0.608. The van der Waals surface area contributed by atoms with Crippen LogP contribution in [0.1, 0.15) is 35.7 Å². The van der Waals surface area contributed by atoms with E-state index in [1.165, 1.54) is 17.7 Å². The summed E-state index contributed by atoms with van der Waals surface area (Å²) < 4.78 is 0. The molecule has 1 N–H and O–H groups in total. The molecule has 2 aromatic carbocycles. The van der Waals surface area contributed by atoms with E-state index in [1.54, 1.807) is 12.1 Å². The number of hydrogen-bond donors (Lipinski definition) is 1. The van der Waals surface area contributed by atoms with Crippen LogP contribution in [0.4, 0.5) is 5.69 Å². The molecule has 0 radical (unpaired) electrons. The number of allylic oxidation sites excluding steroid dienone is 1. The standard InChI is InChI=1S/C20H21NO2/c1-2-3-7-16-10-12-17(13-11-16)19(22)14-15-20(23)21-18-8-5-4-6-9-18/h4-6,8-15H,2-3,7H2,1H3,(H,21,23)/b15-14+. The topological polar surface area (TPSA) is 46.2 Å². The van der Waals surface area contributed by atoms with Gasteiger partial charge in [0.25, 0.3) is 0 Å². The maximum absolute atomic E-state index is 12.1. The fourth-order valence-corrected chi connectivity index (χ4v) is 2.17. The van der Waals surface area contributed by atoms with Crippen LogP contribution in [-0.2, 0) is 11.2 Å². The molecule has 23 heavy (non-hydrogen) atoms. The Morgan fingerprint density at radius 3 is 2.30 bits per heavy atom. The van der Waals surface area contributed by atoms with Crippen molar-refractivity contribution in [2.75, 3.05) is 5.32 Å². The van der Waals surface area contributed by atoms with Gasteiger partial charge in [0.15, 0.2) is 5.78 Å². The molecule has 0 fully saturated rings. The Kier molecular flexibility index (Phi) is 6.30. The fourth-order valence-electron chi connectivity index (χ4n) is 2.17. The normalized spacial score (nSPS) is 10.7. The highest BCUT2D eigenvalue weighted by molar-refractivity contribution is 6.09. The van der Waals surface area contributed by atoms with Gasteiger partial charge in [-0.25, -0.2) is 0 Å². The molecule has 0 aliphatic heterocycles. The molecule has 0 unspecified atom stereocenters. The first-order chi connectivity index (χ1) is 11.2. The molecule has 3 nitrogen and oxygen atoms in total. The summed E-state index contributed by atoms with van der Waals surface area (Å²) in [5.74, 6) is -0.487. The van der Waals surface area contributed by atoms with E-state index in [0.29, 0.717) is 11.3 Å². The molecular formula is C20H21NO2. The summed E-state index contributed by atoms with van der Waals surface area (Å²) in [6.07, 6.45) is 5.90. The number of amides is 1. The Hall–Kier alpha value is -2.68. The summed E-state index contributed by atoms with van der Waals surface area (Å²) >= 11 is 0. The van der Waals surface area contributed by atoms with Crippen LogP contribution in [0.25, 0.3) is 0 Å². The molecule has 2 rings (SSSR count). The van der Waals surface area contributed by atoms with Gasteiger partial charge in [-0.05, 0) is 36.6 Å². The lowest BCUT2D eigenvalue weighted by Gasteiger charge is -2.02. The van der Waals surface area contributed by atoms with Crippen molar-refractivity contribution in [3.63, 3.8) is 0 Å². The van der Waals surface area contributed by atoms with Crippen LogP contribution in [-0.4, -0.2) is 11.7 Å². The van der Waals surface area contributed by atoms with E-state index in [0.717, 1.165) is 19.3 Å². The number of carbonyl (C=O) groups is 2. The van der Waals surface area contributed by atoms with E-state index in [-0.39, 0.29) is 11.7 Å². The minimum absolute atomic E-state index is 0.171. The fraction of sp³-hybridized carbons (Fsp3) is 0.200. The number of nitrogens with one attached hydrogen (secondary N) is 1. The smallest absolute Gasteiger partial charge is 0.248 e. The van der Waals surface area contributed by atoms with E-state index in [9.17, 15) is 9.59 Å². The van der Waals surface area contributed by atoms with Crippen molar-refractivity contribution in [2.24, 2.45) is 0 Å². The third-order valence-corrected chi connectivity index (χ3v) is 3.48. The van der Waals surface area contributed by atoms with Crippen molar-refractivity contribution in [3.8, 4) is 0 Å². The van der Waals surface area contributed by atoms with E-state index >= 15 is 0 Å². The number of ketones is 1. The average Bonchev–Trinajstić information content (AvgIpc) is 2.59. The molecule has 0 saturated heterocycles. The Morgan fingerprint density at radius 2 is 1.65 bits per heavy atom. The number of aryl methyl sites for hydroxylation is 1. The Bertz CT molecular complexity index is 673. The Labute approximate surface area is 137 Å².